The first-order valence-electron chi connectivity index (χ1n) is 20.0. The Labute approximate surface area is 332 Å². The van der Waals surface area contributed by atoms with Crippen LogP contribution in [0.5, 0.6) is 0 Å². The number of hydrogen-bond donors (Lipinski definition) is 4. The lowest BCUT2D eigenvalue weighted by atomic mass is 9.81. The highest BCUT2D eigenvalue weighted by Gasteiger charge is 2.44. The minimum absolute atomic E-state index is 0.00340. The zero-order valence-electron chi connectivity index (χ0n) is 36.9. The summed E-state index contributed by atoms with van der Waals surface area (Å²) in [6.07, 6.45) is 9.90. The van der Waals surface area contributed by atoms with Crippen molar-refractivity contribution in [1.29, 1.82) is 0 Å². The van der Waals surface area contributed by atoms with Gasteiger partial charge in [0.1, 0.15) is 6.10 Å². The van der Waals surface area contributed by atoms with E-state index >= 15 is 0 Å². The first kappa shape index (κ1) is 52.0. The molecule has 0 rings (SSSR count). The van der Waals surface area contributed by atoms with Gasteiger partial charge < -0.3 is 34.6 Å². The lowest BCUT2D eigenvalue weighted by Gasteiger charge is -2.45. The molecule has 0 saturated carbocycles. The molecule has 0 aliphatic heterocycles. The lowest BCUT2D eigenvalue weighted by molar-refractivity contribution is -0.137. The van der Waals surface area contributed by atoms with Gasteiger partial charge in [-0.3, -0.25) is 4.79 Å². The monoisotopic (exact) mass is 796 g/mol. The molecule has 0 bridgehead atoms. The summed E-state index contributed by atoms with van der Waals surface area (Å²) in [4.78, 5) is 23.0. The number of carboxylic acid groups (broad SMARTS) is 1. The first-order chi connectivity index (χ1) is 24.5. The number of carbonyl (C=O) groups excluding carboxylic acids is 1. The average molecular weight is 796 g/mol. The van der Waals surface area contributed by atoms with Crippen LogP contribution in [0.25, 0.3) is 0 Å². The summed E-state index contributed by atoms with van der Waals surface area (Å²) < 4.78 is 20.1. The van der Waals surface area contributed by atoms with Crippen LogP contribution < -0.4 is 5.73 Å². The molecule has 0 aliphatic carbocycles. The van der Waals surface area contributed by atoms with Crippen LogP contribution in [0.2, 0.25) is 36.3 Å². The summed E-state index contributed by atoms with van der Waals surface area (Å²) in [5.41, 5.74) is 6.82. The fourth-order valence-electron chi connectivity index (χ4n) is 6.46. The summed E-state index contributed by atoms with van der Waals surface area (Å²) in [5, 5.41) is 30.0. The number of carboxylic acids is 1. The van der Waals surface area contributed by atoms with Crippen molar-refractivity contribution in [3.05, 3.63) is 48.6 Å². The van der Waals surface area contributed by atoms with E-state index in [-0.39, 0.29) is 64.7 Å². The van der Waals surface area contributed by atoms with Crippen molar-refractivity contribution in [1.82, 2.24) is 0 Å². The fourth-order valence-corrected chi connectivity index (χ4v) is 9.40. The van der Waals surface area contributed by atoms with Crippen LogP contribution in [-0.2, 0) is 18.4 Å². The van der Waals surface area contributed by atoms with E-state index in [4.69, 9.17) is 24.4 Å². The predicted octanol–water partition coefficient (Wildman–Crippen LogP) is 10.4. The van der Waals surface area contributed by atoms with Gasteiger partial charge in [-0.15, -0.1) is 0 Å². The van der Waals surface area contributed by atoms with Crippen molar-refractivity contribution in [3.63, 3.8) is 0 Å². The van der Waals surface area contributed by atoms with Crippen molar-refractivity contribution < 1.29 is 38.5 Å². The van der Waals surface area contributed by atoms with Gasteiger partial charge in [0.15, 0.2) is 16.6 Å². The SMILES string of the molecule is C=C/C=C\[C@H](C)[C@H](OC(N)=O)[C@@H](C)[C@H](O[Si](C)(C)C(C)(C)C)[C@@H](C)C/C(C)=C\[C@H](C)[C@@H](O[Si](C)(C)C(C)(C)C)[C@@H](C)/C=C\[C@@H](O)C[C@H](O)CCCC(=O)O. The molecule has 0 fully saturated rings. The molecule has 0 aliphatic rings. The second-order valence-electron chi connectivity index (χ2n) is 19.0. The Morgan fingerprint density at radius 3 is 1.76 bits per heavy atom. The molecule has 0 aromatic carbocycles. The Kier molecular flexibility index (Phi) is 21.8. The molecule has 10 atom stereocenters. The molecule has 0 saturated heterocycles. The van der Waals surface area contributed by atoms with Crippen LogP contribution in [0.3, 0.4) is 0 Å². The third-order valence-corrected chi connectivity index (χ3v) is 20.6. The number of aliphatic hydroxyl groups excluding tert-OH is 2. The summed E-state index contributed by atoms with van der Waals surface area (Å²) in [7, 11) is -4.45. The Hall–Kier alpha value is -2.03. The minimum atomic E-state index is -2.25. The van der Waals surface area contributed by atoms with Crippen molar-refractivity contribution in [3.8, 4) is 0 Å². The van der Waals surface area contributed by atoms with E-state index < -0.39 is 47.0 Å². The standard InChI is InChI=1S/C43H81NO8Si2/c1-18-19-21-30(3)39(50-41(44)49)34(7)40(52-54(16,17)43(11,12)13)33(6)27-29(2)26-32(5)38(51-53(14,15)42(8,9)10)31(4)24-25-36(46)28-35(45)22-20-23-37(47)48/h18-19,21,24-26,30-36,38-40,45-46H,1,20,22-23,27-28H2,2-17H3,(H2,44,49)(H,47,48)/b21-19-,25-24-,29-26-/t30-,31-,32-,33-,34+,35+,36+,38-,39-,40+/m0/s1. The highest BCUT2D eigenvalue weighted by atomic mass is 28.4. The number of rotatable bonds is 24. The second-order valence-corrected chi connectivity index (χ2v) is 28.5. The van der Waals surface area contributed by atoms with Gasteiger partial charge in [-0.05, 0) is 80.2 Å². The van der Waals surface area contributed by atoms with Gasteiger partial charge in [-0.2, -0.15) is 0 Å². The van der Waals surface area contributed by atoms with E-state index in [1.54, 1.807) is 12.2 Å². The van der Waals surface area contributed by atoms with Gasteiger partial charge in [0.25, 0.3) is 0 Å². The van der Waals surface area contributed by atoms with Crippen molar-refractivity contribution in [2.24, 2.45) is 35.3 Å². The molecule has 0 unspecified atom stereocenters. The molecule has 0 spiro atoms. The summed E-state index contributed by atoms with van der Waals surface area (Å²) in [5.74, 6) is -1.07. The molecule has 0 heterocycles. The van der Waals surface area contributed by atoms with Gasteiger partial charge in [-0.25, -0.2) is 4.79 Å². The number of ether oxygens (including phenoxy) is 1. The van der Waals surface area contributed by atoms with E-state index in [2.05, 4.69) is 115 Å². The number of allylic oxidation sites excluding steroid dienone is 3. The van der Waals surface area contributed by atoms with Gasteiger partial charge in [-0.1, -0.05) is 125 Å². The molecule has 1 amide bonds. The van der Waals surface area contributed by atoms with Gasteiger partial charge in [0.2, 0.25) is 0 Å². The number of hydrogen-bond acceptors (Lipinski definition) is 7. The summed E-state index contributed by atoms with van der Waals surface area (Å²) in [6, 6.07) is 0. The Morgan fingerprint density at radius 1 is 0.796 bits per heavy atom. The normalized spacial score (nSPS) is 19.4. The van der Waals surface area contributed by atoms with Gasteiger partial charge in [0.05, 0.1) is 24.4 Å². The number of primary amides is 1. The lowest BCUT2D eigenvalue weighted by Crippen LogP contribution is -2.50. The topological polar surface area (TPSA) is 149 Å². The molecular formula is C43H81NO8Si2. The van der Waals surface area contributed by atoms with E-state index in [9.17, 15) is 19.8 Å². The van der Waals surface area contributed by atoms with Crippen molar-refractivity contribution in [2.75, 3.05) is 0 Å². The van der Waals surface area contributed by atoms with Gasteiger partial charge in [0, 0.05) is 24.7 Å². The van der Waals surface area contributed by atoms with Crippen LogP contribution in [0.15, 0.2) is 48.6 Å². The summed E-state index contributed by atoms with van der Waals surface area (Å²) in [6.45, 7) is 39.0. The molecule has 314 valence electrons. The van der Waals surface area contributed by atoms with Crippen LogP contribution in [-0.4, -0.2) is 74.5 Å². The highest BCUT2D eigenvalue weighted by Crippen LogP contribution is 2.42. The predicted molar refractivity (Wildman–Crippen MR) is 229 cm³/mol. The zero-order valence-corrected chi connectivity index (χ0v) is 38.9. The first-order valence-corrected chi connectivity index (χ1v) is 25.8. The van der Waals surface area contributed by atoms with Crippen molar-refractivity contribution >= 4 is 28.7 Å². The van der Waals surface area contributed by atoms with E-state index in [0.29, 0.717) is 12.8 Å². The Morgan fingerprint density at radius 2 is 1.30 bits per heavy atom. The third-order valence-electron chi connectivity index (χ3n) is 11.7. The number of carbonyl (C=O) groups is 2. The zero-order chi connectivity index (χ0) is 42.4. The average Bonchev–Trinajstić information content (AvgIpc) is 3.00. The van der Waals surface area contributed by atoms with Crippen LogP contribution >= 0.6 is 0 Å². The Bertz CT molecular complexity index is 1250. The maximum atomic E-state index is 12.2. The molecule has 54 heavy (non-hydrogen) atoms. The Balaban J connectivity index is 6.60. The third kappa shape index (κ3) is 18.3. The molecular weight excluding hydrogens is 715 g/mol. The molecule has 0 aromatic rings. The van der Waals surface area contributed by atoms with E-state index in [0.717, 1.165) is 6.42 Å². The molecule has 0 radical (unpaired) electrons. The maximum absolute atomic E-state index is 12.2. The van der Waals surface area contributed by atoms with E-state index in [1.807, 2.05) is 25.2 Å². The van der Waals surface area contributed by atoms with Crippen molar-refractivity contribution in [2.45, 2.75) is 182 Å². The molecule has 11 heteroatoms. The number of nitrogens with two attached hydrogens (primary N) is 1. The van der Waals surface area contributed by atoms with Crippen LogP contribution in [0.1, 0.15) is 115 Å². The number of aliphatic hydroxyl groups is 2. The molecule has 0 aromatic heterocycles. The van der Waals surface area contributed by atoms with E-state index in [1.165, 1.54) is 5.57 Å². The smallest absolute Gasteiger partial charge is 0.404 e. The molecule has 9 nitrogen and oxygen atoms in total. The summed E-state index contributed by atoms with van der Waals surface area (Å²) >= 11 is 0. The number of amides is 1. The van der Waals surface area contributed by atoms with Gasteiger partial charge >= 0.3 is 12.1 Å². The highest BCUT2D eigenvalue weighted by molar-refractivity contribution is 6.74. The quantitative estimate of drug-likeness (QED) is 0.0429. The largest absolute Gasteiger partial charge is 0.481 e. The number of aliphatic carboxylic acids is 1. The molecule has 5 N–H and O–H groups in total. The van der Waals surface area contributed by atoms with Crippen LogP contribution in [0.4, 0.5) is 4.79 Å². The maximum Gasteiger partial charge on any atom is 0.404 e. The second kappa shape index (κ2) is 22.6. The fraction of sp³-hybridized carbons (Fsp3) is 0.767. The van der Waals surface area contributed by atoms with Crippen LogP contribution in [0, 0.1) is 29.6 Å². The minimum Gasteiger partial charge on any atom is -0.481 e.